The fourth-order valence-corrected chi connectivity index (χ4v) is 4.66. The van der Waals surface area contributed by atoms with E-state index in [-0.39, 0.29) is 12.3 Å². The summed E-state index contributed by atoms with van der Waals surface area (Å²) >= 11 is 0. The number of hydrogen-bond donors (Lipinski definition) is 1. The summed E-state index contributed by atoms with van der Waals surface area (Å²) < 4.78 is 11.0. The van der Waals surface area contributed by atoms with Gasteiger partial charge in [-0.15, -0.1) is 0 Å². The van der Waals surface area contributed by atoms with E-state index in [2.05, 4.69) is 6.58 Å². The van der Waals surface area contributed by atoms with Crippen LogP contribution in [0.3, 0.4) is 0 Å². The number of aliphatic hydroxyl groups is 1. The lowest BCUT2D eigenvalue weighted by Crippen LogP contribution is -2.62. The molecule has 0 radical (unpaired) electrons. The van der Waals surface area contributed by atoms with E-state index >= 15 is 0 Å². The van der Waals surface area contributed by atoms with Crippen molar-refractivity contribution >= 4 is 11.9 Å². The first kappa shape index (κ1) is 15.8. The highest BCUT2D eigenvalue weighted by Crippen LogP contribution is 2.61. The van der Waals surface area contributed by atoms with Gasteiger partial charge in [0, 0.05) is 18.4 Å². The van der Waals surface area contributed by atoms with E-state index in [9.17, 15) is 14.7 Å². The molecule has 2 aliphatic heterocycles. The third-order valence-electron chi connectivity index (χ3n) is 5.97. The lowest BCUT2D eigenvalue weighted by atomic mass is 9.70. The molecule has 7 unspecified atom stereocenters. The number of esters is 2. The lowest BCUT2D eigenvalue weighted by Gasteiger charge is -2.42. The first-order valence-corrected chi connectivity index (χ1v) is 7.99. The quantitative estimate of drug-likeness (QED) is 0.328. The largest absolute Gasteiger partial charge is 0.459 e. The molecule has 4 rings (SSSR count). The molecule has 2 saturated heterocycles. The Morgan fingerprint density at radius 2 is 2.08 bits per heavy atom. The molecule has 1 saturated carbocycles. The van der Waals surface area contributed by atoms with Crippen molar-refractivity contribution in [2.24, 2.45) is 11.8 Å². The Labute approximate surface area is 139 Å². The minimum Gasteiger partial charge on any atom is -0.459 e. The zero-order chi connectivity index (χ0) is 17.5. The summed E-state index contributed by atoms with van der Waals surface area (Å²) in [4.78, 5) is 34.7. The molecule has 130 valence electrons. The van der Waals surface area contributed by atoms with E-state index in [0.717, 1.165) is 0 Å². The van der Waals surface area contributed by atoms with Crippen LogP contribution in [-0.4, -0.2) is 46.1 Å². The van der Waals surface area contributed by atoms with Crippen molar-refractivity contribution in [3.63, 3.8) is 0 Å². The highest BCUT2D eigenvalue weighted by molar-refractivity contribution is 5.91. The van der Waals surface area contributed by atoms with Crippen molar-refractivity contribution in [1.82, 2.24) is 0 Å². The van der Waals surface area contributed by atoms with Crippen LogP contribution in [0.1, 0.15) is 27.2 Å². The van der Waals surface area contributed by atoms with Gasteiger partial charge < -0.3 is 14.6 Å². The first-order valence-electron chi connectivity index (χ1n) is 7.99. The van der Waals surface area contributed by atoms with Crippen LogP contribution in [0.2, 0.25) is 0 Å². The van der Waals surface area contributed by atoms with Crippen LogP contribution >= 0.6 is 0 Å². The molecule has 0 aromatic carbocycles. The highest BCUT2D eigenvalue weighted by Gasteiger charge is 2.76. The minimum atomic E-state index is -1.56. The van der Waals surface area contributed by atoms with Crippen molar-refractivity contribution in [1.29, 1.82) is 0 Å². The van der Waals surface area contributed by atoms with Crippen LogP contribution in [0.15, 0.2) is 24.3 Å². The smallest absolute Gasteiger partial charge is 0.334 e. The van der Waals surface area contributed by atoms with Crippen molar-refractivity contribution in [2.45, 2.75) is 56.2 Å². The average Bonchev–Trinajstić information content (AvgIpc) is 3.04. The van der Waals surface area contributed by atoms with Gasteiger partial charge in [0.1, 0.15) is 23.4 Å². The SMILES string of the molecule is C=C1C(=O)OC2C1CC(OC(C)=O)C(C)(O)C13C=CC(C)(OO1)C23. The molecule has 7 nitrogen and oxygen atoms in total. The van der Waals surface area contributed by atoms with Gasteiger partial charge in [-0.25, -0.2) is 14.6 Å². The normalized spacial score (nSPS) is 51.8. The second kappa shape index (κ2) is 4.47. The zero-order valence-electron chi connectivity index (χ0n) is 13.8. The Bertz CT molecular complexity index is 680. The van der Waals surface area contributed by atoms with Crippen molar-refractivity contribution in [3.8, 4) is 0 Å². The molecular formula is C17H20O7. The third-order valence-corrected chi connectivity index (χ3v) is 5.97. The molecule has 0 aromatic rings. The molecule has 7 atom stereocenters. The molecule has 0 aromatic heterocycles. The van der Waals surface area contributed by atoms with Crippen LogP contribution in [0.25, 0.3) is 0 Å². The number of hydrogen-bond acceptors (Lipinski definition) is 7. The summed E-state index contributed by atoms with van der Waals surface area (Å²) in [5, 5.41) is 11.3. The van der Waals surface area contributed by atoms with Gasteiger partial charge in [0.25, 0.3) is 0 Å². The summed E-state index contributed by atoms with van der Waals surface area (Å²) in [7, 11) is 0. The minimum absolute atomic E-state index is 0.230. The third kappa shape index (κ3) is 1.67. The molecule has 2 heterocycles. The van der Waals surface area contributed by atoms with Crippen LogP contribution < -0.4 is 0 Å². The van der Waals surface area contributed by atoms with Crippen LogP contribution in [0.4, 0.5) is 0 Å². The Balaban J connectivity index is 1.88. The van der Waals surface area contributed by atoms with Crippen molar-refractivity contribution in [3.05, 3.63) is 24.3 Å². The van der Waals surface area contributed by atoms with E-state index in [0.29, 0.717) is 5.57 Å². The van der Waals surface area contributed by atoms with Crippen LogP contribution in [0, 0.1) is 11.8 Å². The standard InChI is InChI=1S/C17H20O7/c1-8-10-7-11(21-9(2)18)16(4,20)17-6-5-15(3,23-24-17)13(17)12(10)22-14(8)19/h5-6,10-13,20H,1,7H2,2-4H3. The summed E-state index contributed by atoms with van der Waals surface area (Å²) in [5.41, 5.74) is -3.36. The maximum absolute atomic E-state index is 12.1. The van der Waals surface area contributed by atoms with Gasteiger partial charge in [-0.05, 0) is 26.3 Å². The second-order valence-corrected chi connectivity index (χ2v) is 7.44. The monoisotopic (exact) mass is 336 g/mol. The molecule has 2 aliphatic carbocycles. The summed E-state index contributed by atoms with van der Waals surface area (Å²) in [5.74, 6) is -1.84. The predicted molar refractivity (Wildman–Crippen MR) is 79.2 cm³/mol. The van der Waals surface area contributed by atoms with Gasteiger partial charge >= 0.3 is 11.9 Å². The van der Waals surface area contributed by atoms with Gasteiger partial charge in [0.15, 0.2) is 5.60 Å². The van der Waals surface area contributed by atoms with Gasteiger partial charge in [-0.3, -0.25) is 4.79 Å². The molecule has 24 heavy (non-hydrogen) atoms. The van der Waals surface area contributed by atoms with E-state index in [1.165, 1.54) is 6.92 Å². The molecule has 0 amide bonds. The number of rotatable bonds is 1. The maximum atomic E-state index is 12.1. The Hall–Kier alpha value is -1.70. The molecule has 2 bridgehead atoms. The predicted octanol–water partition coefficient (Wildman–Crippen LogP) is 0.816. The molecule has 7 heteroatoms. The van der Waals surface area contributed by atoms with Crippen molar-refractivity contribution < 1.29 is 33.9 Å². The van der Waals surface area contributed by atoms with Crippen LogP contribution in [-0.2, 0) is 28.8 Å². The van der Waals surface area contributed by atoms with Crippen LogP contribution in [0.5, 0.6) is 0 Å². The molecule has 3 fully saturated rings. The van der Waals surface area contributed by atoms with Gasteiger partial charge in [-0.1, -0.05) is 12.7 Å². The molecule has 1 N–H and O–H groups in total. The van der Waals surface area contributed by atoms with E-state index in [1.54, 1.807) is 19.1 Å². The number of carbonyl (C=O) groups is 2. The van der Waals surface area contributed by atoms with E-state index in [4.69, 9.17) is 19.2 Å². The topological polar surface area (TPSA) is 91.3 Å². The van der Waals surface area contributed by atoms with Gasteiger partial charge in [0.2, 0.25) is 0 Å². The molecular weight excluding hydrogens is 316 g/mol. The fraction of sp³-hybridized carbons (Fsp3) is 0.647. The number of fused-ring (bicyclic) bond motifs is 1. The van der Waals surface area contributed by atoms with Gasteiger partial charge in [-0.2, -0.15) is 0 Å². The summed E-state index contributed by atoms with van der Waals surface area (Å²) in [6.07, 6.45) is 2.30. The average molecular weight is 336 g/mol. The molecule has 0 spiro atoms. The van der Waals surface area contributed by atoms with Gasteiger partial charge in [0.05, 0.1) is 5.92 Å². The lowest BCUT2D eigenvalue weighted by molar-refractivity contribution is -0.366. The first-order chi connectivity index (χ1) is 11.1. The van der Waals surface area contributed by atoms with E-state index in [1.807, 2.05) is 6.92 Å². The zero-order valence-corrected chi connectivity index (χ0v) is 13.8. The Morgan fingerprint density at radius 3 is 2.67 bits per heavy atom. The molecule has 4 aliphatic rings. The Morgan fingerprint density at radius 1 is 1.38 bits per heavy atom. The number of carbonyl (C=O) groups excluding carboxylic acids is 2. The Kier molecular flexibility index (Phi) is 2.95. The number of ether oxygens (including phenoxy) is 2. The maximum Gasteiger partial charge on any atom is 0.334 e. The van der Waals surface area contributed by atoms with Crippen molar-refractivity contribution in [2.75, 3.05) is 0 Å². The fourth-order valence-electron chi connectivity index (χ4n) is 4.66. The second-order valence-electron chi connectivity index (χ2n) is 7.44. The highest BCUT2D eigenvalue weighted by atomic mass is 17.2. The van der Waals surface area contributed by atoms with E-state index < -0.39 is 46.9 Å². The summed E-state index contributed by atoms with van der Waals surface area (Å²) in [6, 6.07) is 0. The summed E-state index contributed by atoms with van der Waals surface area (Å²) in [6.45, 7) is 8.48.